The Morgan fingerprint density at radius 2 is 1.94 bits per heavy atom. The van der Waals surface area contributed by atoms with Crippen molar-refractivity contribution >= 4 is 28.9 Å². The second-order valence-corrected chi connectivity index (χ2v) is 7.48. The predicted octanol–water partition coefficient (Wildman–Crippen LogP) is 4.58. The van der Waals surface area contributed by atoms with E-state index in [2.05, 4.69) is 37.5 Å². The number of anilines is 3. The van der Waals surface area contributed by atoms with Crippen molar-refractivity contribution in [3.63, 3.8) is 0 Å². The maximum Gasteiger partial charge on any atom is 0.252 e. The number of carbonyl (C=O) groups excluding carboxylic acids is 1. The van der Waals surface area contributed by atoms with Crippen LogP contribution in [0.25, 0.3) is 11.3 Å². The Morgan fingerprint density at radius 1 is 1.15 bits per heavy atom. The first kappa shape index (κ1) is 23.8. The third kappa shape index (κ3) is 6.55. The van der Waals surface area contributed by atoms with Crippen LogP contribution in [0.15, 0.2) is 53.9 Å². The highest BCUT2D eigenvalue weighted by Crippen LogP contribution is 2.25. The summed E-state index contributed by atoms with van der Waals surface area (Å²) in [6.45, 7) is 2.51. The number of amides is 1. The van der Waals surface area contributed by atoms with Gasteiger partial charge in [-0.15, -0.1) is 0 Å². The van der Waals surface area contributed by atoms with Crippen LogP contribution >= 0.6 is 0 Å². The second-order valence-electron chi connectivity index (χ2n) is 7.48. The zero-order valence-electron chi connectivity index (χ0n) is 18.8. The molecule has 172 valence electrons. The summed E-state index contributed by atoms with van der Waals surface area (Å²) in [5.41, 5.74) is 8.70. The van der Waals surface area contributed by atoms with E-state index in [1.807, 2.05) is 30.3 Å². The van der Waals surface area contributed by atoms with Crippen LogP contribution < -0.4 is 16.4 Å². The minimum Gasteiger partial charge on any atom is -0.365 e. The van der Waals surface area contributed by atoms with E-state index < -0.39 is 11.7 Å². The molecule has 0 saturated heterocycles. The summed E-state index contributed by atoms with van der Waals surface area (Å²) in [5, 5.41) is 6.05. The maximum atomic E-state index is 14.6. The first-order chi connectivity index (χ1) is 16.0. The van der Waals surface area contributed by atoms with Gasteiger partial charge >= 0.3 is 0 Å². The minimum absolute atomic E-state index is 0.0248. The van der Waals surface area contributed by atoms with Crippen LogP contribution in [0.5, 0.6) is 0 Å². The van der Waals surface area contributed by atoms with Crippen molar-refractivity contribution < 1.29 is 9.18 Å². The summed E-state index contributed by atoms with van der Waals surface area (Å²) in [4.78, 5) is 28.6. The molecule has 3 aromatic rings. The number of halogens is 1. The van der Waals surface area contributed by atoms with E-state index in [9.17, 15) is 9.18 Å². The maximum absolute atomic E-state index is 14.6. The first-order valence-electron chi connectivity index (χ1n) is 10.8. The number of primary amides is 1. The molecule has 3 rings (SSSR count). The smallest absolute Gasteiger partial charge is 0.252 e. The van der Waals surface area contributed by atoms with E-state index in [0.717, 1.165) is 48.7 Å². The summed E-state index contributed by atoms with van der Waals surface area (Å²) in [6, 6.07) is 10.3. The highest BCUT2D eigenvalue weighted by Gasteiger charge is 2.16. The lowest BCUT2D eigenvalue weighted by atomic mass is 10.1. The second kappa shape index (κ2) is 11.7. The molecule has 1 amide bonds. The summed E-state index contributed by atoms with van der Waals surface area (Å²) >= 11 is 0. The summed E-state index contributed by atoms with van der Waals surface area (Å²) in [6.07, 6.45) is 7.24. The van der Waals surface area contributed by atoms with Gasteiger partial charge in [0.1, 0.15) is 12.1 Å². The molecular formula is C24H28FN7O. The molecule has 0 radical (unpaired) electrons. The molecule has 0 aliphatic heterocycles. The lowest BCUT2D eigenvalue weighted by Gasteiger charge is -2.14. The Bertz CT molecular complexity index is 1100. The Balaban J connectivity index is 1.78. The number of benzene rings is 1. The molecule has 0 aliphatic rings. The molecule has 2 heterocycles. The van der Waals surface area contributed by atoms with Gasteiger partial charge in [-0.2, -0.15) is 0 Å². The fraction of sp³-hybridized carbons (Fsp3) is 0.292. The van der Waals surface area contributed by atoms with Crippen LogP contribution in [0.4, 0.5) is 21.7 Å². The number of nitrogens with zero attached hydrogens (tertiary/aromatic N) is 4. The van der Waals surface area contributed by atoms with E-state index in [4.69, 9.17) is 5.73 Å². The van der Waals surface area contributed by atoms with Gasteiger partial charge in [-0.25, -0.2) is 19.3 Å². The number of hydrogen-bond acceptors (Lipinski definition) is 7. The molecule has 0 fully saturated rings. The van der Waals surface area contributed by atoms with E-state index in [1.165, 1.54) is 6.33 Å². The van der Waals surface area contributed by atoms with Gasteiger partial charge in [0.05, 0.1) is 17.8 Å². The third-order valence-corrected chi connectivity index (χ3v) is 5.11. The number of carbonyl (C=O) groups is 1. The van der Waals surface area contributed by atoms with Crippen molar-refractivity contribution in [3.8, 4) is 11.3 Å². The SMILES string of the molecule is CCCCCC(CNc1nc(Nc2ccc(-c3ccncn3)cc2)c(C(N)=O)cc1F)=NC. The average molecular weight is 450 g/mol. The molecule has 0 atom stereocenters. The number of aliphatic imine (C=N–C) groups is 1. The quantitative estimate of drug-likeness (QED) is 0.291. The number of rotatable bonds is 11. The average Bonchev–Trinajstić information content (AvgIpc) is 2.83. The molecule has 0 unspecified atom stereocenters. The van der Waals surface area contributed by atoms with Gasteiger partial charge in [-0.05, 0) is 37.1 Å². The largest absolute Gasteiger partial charge is 0.365 e. The van der Waals surface area contributed by atoms with Crippen molar-refractivity contribution in [2.75, 3.05) is 24.2 Å². The van der Waals surface area contributed by atoms with Crippen LogP contribution in [0, 0.1) is 5.82 Å². The first-order valence-corrected chi connectivity index (χ1v) is 10.8. The third-order valence-electron chi connectivity index (χ3n) is 5.11. The molecule has 0 bridgehead atoms. The van der Waals surface area contributed by atoms with Gasteiger partial charge in [0.15, 0.2) is 11.6 Å². The minimum atomic E-state index is -0.775. The summed E-state index contributed by atoms with van der Waals surface area (Å²) < 4.78 is 14.6. The van der Waals surface area contributed by atoms with Crippen molar-refractivity contribution in [2.45, 2.75) is 32.6 Å². The van der Waals surface area contributed by atoms with Crippen molar-refractivity contribution in [3.05, 3.63) is 60.3 Å². The van der Waals surface area contributed by atoms with E-state index in [-0.39, 0.29) is 17.2 Å². The molecule has 2 aromatic heterocycles. The van der Waals surface area contributed by atoms with E-state index in [0.29, 0.717) is 12.2 Å². The summed E-state index contributed by atoms with van der Waals surface area (Å²) in [5.74, 6) is -1.24. The van der Waals surface area contributed by atoms with Gasteiger partial charge in [0, 0.05) is 30.2 Å². The Kier molecular flexibility index (Phi) is 8.40. The standard InChI is InChI=1S/C24H28FN7O/c1-3-4-5-6-18(27-2)14-29-24-20(25)13-19(22(26)33)23(32-24)31-17-9-7-16(8-10-17)21-11-12-28-15-30-21/h7-13,15H,3-6,14H2,1-2H3,(H2,26,33)(H2,29,31,32). The van der Waals surface area contributed by atoms with Crippen molar-refractivity contribution in [2.24, 2.45) is 10.7 Å². The van der Waals surface area contributed by atoms with Gasteiger partial charge in [0.25, 0.3) is 5.91 Å². The molecule has 8 nitrogen and oxygen atoms in total. The van der Waals surface area contributed by atoms with Gasteiger partial charge < -0.3 is 16.4 Å². The Morgan fingerprint density at radius 3 is 2.58 bits per heavy atom. The Hall–Kier alpha value is -3.88. The monoisotopic (exact) mass is 449 g/mol. The fourth-order valence-corrected chi connectivity index (χ4v) is 3.26. The number of nitrogens with two attached hydrogens (primary N) is 1. The van der Waals surface area contributed by atoms with Gasteiger partial charge in [-0.3, -0.25) is 9.79 Å². The zero-order chi connectivity index (χ0) is 23.6. The van der Waals surface area contributed by atoms with Gasteiger partial charge in [-0.1, -0.05) is 31.9 Å². The topological polar surface area (TPSA) is 118 Å². The van der Waals surface area contributed by atoms with Crippen LogP contribution in [0.1, 0.15) is 43.0 Å². The fourth-order valence-electron chi connectivity index (χ4n) is 3.26. The predicted molar refractivity (Wildman–Crippen MR) is 129 cm³/mol. The number of unbranched alkanes of at least 4 members (excludes halogenated alkanes) is 2. The van der Waals surface area contributed by atoms with Crippen LogP contribution in [0.3, 0.4) is 0 Å². The molecule has 1 aromatic carbocycles. The number of hydrogen-bond donors (Lipinski definition) is 3. The van der Waals surface area contributed by atoms with Crippen molar-refractivity contribution in [1.29, 1.82) is 0 Å². The van der Waals surface area contributed by atoms with E-state index in [1.54, 1.807) is 13.2 Å². The van der Waals surface area contributed by atoms with Crippen LogP contribution in [-0.2, 0) is 0 Å². The van der Waals surface area contributed by atoms with Crippen molar-refractivity contribution in [1.82, 2.24) is 15.0 Å². The zero-order valence-corrected chi connectivity index (χ0v) is 18.8. The Labute approximate surface area is 192 Å². The summed E-state index contributed by atoms with van der Waals surface area (Å²) in [7, 11) is 1.72. The molecule has 0 spiro atoms. The lowest BCUT2D eigenvalue weighted by Crippen LogP contribution is -2.19. The van der Waals surface area contributed by atoms with Crippen LogP contribution in [0.2, 0.25) is 0 Å². The molecule has 4 N–H and O–H groups in total. The molecule has 9 heteroatoms. The normalized spacial score (nSPS) is 11.3. The molecule has 33 heavy (non-hydrogen) atoms. The molecular weight excluding hydrogens is 421 g/mol. The number of nitrogens with one attached hydrogen (secondary N) is 2. The molecule has 0 saturated carbocycles. The van der Waals surface area contributed by atoms with Gasteiger partial charge in [0.2, 0.25) is 0 Å². The van der Waals surface area contributed by atoms with Crippen LogP contribution in [-0.4, -0.2) is 40.2 Å². The lowest BCUT2D eigenvalue weighted by molar-refractivity contribution is 0.100. The van der Waals surface area contributed by atoms with E-state index >= 15 is 0 Å². The molecule has 0 aliphatic carbocycles. The highest BCUT2D eigenvalue weighted by molar-refractivity contribution is 5.98. The number of aromatic nitrogens is 3. The number of pyridine rings is 1. The highest BCUT2D eigenvalue weighted by atomic mass is 19.1.